The third-order valence-electron chi connectivity index (χ3n) is 3.90. The molecule has 0 radical (unpaired) electrons. The van der Waals surface area contributed by atoms with Gasteiger partial charge in [-0.2, -0.15) is 0 Å². The van der Waals surface area contributed by atoms with Crippen molar-refractivity contribution in [3.63, 3.8) is 0 Å². The zero-order chi connectivity index (χ0) is 14.8. The molecule has 1 unspecified atom stereocenters. The lowest BCUT2D eigenvalue weighted by Gasteiger charge is -2.33. The normalized spacial score (nSPS) is 22.2. The highest BCUT2D eigenvalue weighted by Crippen LogP contribution is 2.29. The number of nitrogens with one attached hydrogen (secondary N) is 1. The monoisotopic (exact) mass is 370 g/mol. The predicted molar refractivity (Wildman–Crippen MR) is 87.6 cm³/mol. The van der Waals surface area contributed by atoms with Gasteiger partial charge in [0, 0.05) is 25.3 Å². The zero-order valence-corrected chi connectivity index (χ0v) is 14.4. The van der Waals surface area contributed by atoms with E-state index in [0.717, 1.165) is 54.2 Å². The van der Waals surface area contributed by atoms with E-state index in [1.54, 1.807) is 6.20 Å². The lowest BCUT2D eigenvalue weighted by molar-refractivity contribution is -0.125. The maximum absolute atomic E-state index is 12.2. The molecule has 2 heterocycles. The number of anilines is 1. The smallest absolute Gasteiger partial charge is 0.225 e. The van der Waals surface area contributed by atoms with Crippen molar-refractivity contribution in [3.8, 4) is 0 Å². The summed E-state index contributed by atoms with van der Waals surface area (Å²) in [4.78, 5) is 23.3. The predicted octanol–water partition coefficient (Wildman–Crippen LogP) is 2.46. The van der Waals surface area contributed by atoms with E-state index in [4.69, 9.17) is 0 Å². The van der Waals surface area contributed by atoms with Crippen molar-refractivity contribution >= 4 is 39.4 Å². The summed E-state index contributed by atoms with van der Waals surface area (Å²) in [5.41, 5.74) is 0. The van der Waals surface area contributed by atoms with Crippen LogP contribution >= 0.6 is 27.7 Å². The van der Waals surface area contributed by atoms with Gasteiger partial charge in [0.15, 0.2) is 5.16 Å². The molecule has 2 fully saturated rings. The summed E-state index contributed by atoms with van der Waals surface area (Å²) in [7, 11) is 0. The molecule has 7 heteroatoms. The number of amides is 1. The molecule has 1 saturated carbocycles. The van der Waals surface area contributed by atoms with Crippen molar-refractivity contribution < 1.29 is 4.79 Å². The van der Waals surface area contributed by atoms with Crippen molar-refractivity contribution in [1.82, 2.24) is 15.3 Å². The van der Waals surface area contributed by atoms with Crippen molar-refractivity contribution in [1.29, 1.82) is 0 Å². The average molecular weight is 371 g/mol. The highest BCUT2D eigenvalue weighted by atomic mass is 79.9. The van der Waals surface area contributed by atoms with Crippen LogP contribution in [0.3, 0.4) is 0 Å². The van der Waals surface area contributed by atoms with Crippen LogP contribution < -0.4 is 10.2 Å². The lowest BCUT2D eigenvalue weighted by atomic mass is 9.97. The summed E-state index contributed by atoms with van der Waals surface area (Å²) in [6, 6.07) is 0.432. The quantitative estimate of drug-likeness (QED) is 0.651. The van der Waals surface area contributed by atoms with Gasteiger partial charge in [-0.05, 0) is 47.9 Å². The number of rotatable bonds is 4. The fourth-order valence-corrected chi connectivity index (χ4v) is 3.37. The molecular weight excluding hydrogens is 352 g/mol. The van der Waals surface area contributed by atoms with E-state index in [2.05, 4.69) is 36.1 Å². The number of piperidine rings is 1. The Morgan fingerprint density at radius 1 is 1.48 bits per heavy atom. The van der Waals surface area contributed by atoms with E-state index in [9.17, 15) is 4.79 Å². The van der Waals surface area contributed by atoms with Gasteiger partial charge in [0.25, 0.3) is 0 Å². The van der Waals surface area contributed by atoms with Crippen LogP contribution in [0.4, 0.5) is 5.82 Å². The van der Waals surface area contributed by atoms with Crippen LogP contribution in [0.15, 0.2) is 15.8 Å². The van der Waals surface area contributed by atoms with E-state index in [1.165, 1.54) is 11.8 Å². The molecule has 21 heavy (non-hydrogen) atoms. The molecule has 1 N–H and O–H groups in total. The molecule has 1 aromatic heterocycles. The topological polar surface area (TPSA) is 58.1 Å². The standard InChI is InChI=1S/C14H19BrN4OS/c1-21-14-16-7-11(15)12(18-14)19-6-2-3-9(8-19)13(20)17-10-4-5-10/h7,9-10H,2-6,8H2,1H3,(H,17,20). The van der Waals surface area contributed by atoms with Gasteiger partial charge in [0.2, 0.25) is 5.91 Å². The molecule has 0 spiro atoms. The van der Waals surface area contributed by atoms with Gasteiger partial charge < -0.3 is 10.2 Å². The van der Waals surface area contributed by atoms with Crippen molar-refractivity contribution in [2.75, 3.05) is 24.2 Å². The molecule has 0 bridgehead atoms. The van der Waals surface area contributed by atoms with E-state index < -0.39 is 0 Å². The summed E-state index contributed by atoms with van der Waals surface area (Å²) in [5.74, 6) is 1.18. The Morgan fingerprint density at radius 2 is 2.29 bits per heavy atom. The lowest BCUT2D eigenvalue weighted by Crippen LogP contribution is -2.44. The second-order valence-corrected chi connectivity index (χ2v) is 7.22. The number of halogens is 1. The number of carbonyl (C=O) groups excluding carboxylic acids is 1. The van der Waals surface area contributed by atoms with E-state index in [0.29, 0.717) is 6.04 Å². The van der Waals surface area contributed by atoms with Crippen molar-refractivity contribution in [3.05, 3.63) is 10.7 Å². The van der Waals surface area contributed by atoms with Gasteiger partial charge in [-0.25, -0.2) is 9.97 Å². The maximum atomic E-state index is 12.2. The molecule has 2 aliphatic rings. The van der Waals surface area contributed by atoms with Crippen LogP contribution in [0.25, 0.3) is 0 Å². The van der Waals surface area contributed by atoms with Crippen LogP contribution in [-0.2, 0) is 4.79 Å². The van der Waals surface area contributed by atoms with Gasteiger partial charge in [0.1, 0.15) is 5.82 Å². The van der Waals surface area contributed by atoms with E-state index >= 15 is 0 Å². The summed E-state index contributed by atoms with van der Waals surface area (Å²) in [6.07, 6.45) is 8.02. The molecule has 1 amide bonds. The molecule has 0 aromatic carbocycles. The molecule has 1 atom stereocenters. The molecule has 5 nitrogen and oxygen atoms in total. The molecule has 1 saturated heterocycles. The Morgan fingerprint density at radius 3 is 3.00 bits per heavy atom. The number of hydrogen-bond donors (Lipinski definition) is 1. The van der Waals surface area contributed by atoms with E-state index in [-0.39, 0.29) is 11.8 Å². The number of aromatic nitrogens is 2. The SMILES string of the molecule is CSc1ncc(Br)c(N2CCCC(C(=O)NC3CC3)C2)n1. The second-order valence-electron chi connectivity index (χ2n) is 5.60. The molecule has 114 valence electrons. The Balaban J connectivity index is 1.71. The fraction of sp³-hybridized carbons (Fsp3) is 0.643. The summed E-state index contributed by atoms with van der Waals surface area (Å²) in [5, 5.41) is 3.88. The fourth-order valence-electron chi connectivity index (χ4n) is 2.59. The Bertz CT molecular complexity index is 538. The summed E-state index contributed by atoms with van der Waals surface area (Å²) < 4.78 is 0.892. The second kappa shape index (κ2) is 6.52. The van der Waals surface area contributed by atoms with Gasteiger partial charge in [-0.15, -0.1) is 0 Å². The van der Waals surface area contributed by atoms with Crippen LogP contribution in [0.5, 0.6) is 0 Å². The Hall–Kier alpha value is -0.820. The highest BCUT2D eigenvalue weighted by Gasteiger charge is 2.31. The van der Waals surface area contributed by atoms with Crippen LogP contribution in [0.1, 0.15) is 25.7 Å². The molecule has 1 aliphatic heterocycles. The first kappa shape index (κ1) is 15.1. The largest absolute Gasteiger partial charge is 0.355 e. The minimum Gasteiger partial charge on any atom is -0.355 e. The van der Waals surface area contributed by atoms with Gasteiger partial charge in [0.05, 0.1) is 10.4 Å². The van der Waals surface area contributed by atoms with Crippen LogP contribution in [0.2, 0.25) is 0 Å². The Labute approximate surface area is 137 Å². The number of thioether (sulfide) groups is 1. The Kier molecular flexibility index (Phi) is 4.69. The average Bonchev–Trinajstić information content (AvgIpc) is 3.32. The van der Waals surface area contributed by atoms with Crippen molar-refractivity contribution in [2.45, 2.75) is 36.9 Å². The third-order valence-corrected chi connectivity index (χ3v) is 5.02. The highest BCUT2D eigenvalue weighted by molar-refractivity contribution is 9.10. The van der Waals surface area contributed by atoms with Crippen LogP contribution in [0, 0.1) is 5.92 Å². The van der Waals surface area contributed by atoms with Crippen molar-refractivity contribution in [2.24, 2.45) is 5.92 Å². The minimum absolute atomic E-state index is 0.0685. The van der Waals surface area contributed by atoms with Gasteiger partial charge >= 0.3 is 0 Å². The zero-order valence-electron chi connectivity index (χ0n) is 12.0. The maximum Gasteiger partial charge on any atom is 0.225 e. The minimum atomic E-state index is 0.0685. The summed E-state index contributed by atoms with van der Waals surface area (Å²) in [6.45, 7) is 1.68. The van der Waals surface area contributed by atoms with E-state index in [1.807, 2.05) is 6.26 Å². The van der Waals surface area contributed by atoms with Crippen LogP contribution in [-0.4, -0.2) is 41.3 Å². The molecule has 1 aromatic rings. The molecule has 1 aliphatic carbocycles. The third kappa shape index (κ3) is 3.69. The number of nitrogens with zero attached hydrogens (tertiary/aromatic N) is 3. The molecular formula is C14H19BrN4OS. The molecule has 3 rings (SSSR count). The first-order valence-electron chi connectivity index (χ1n) is 7.29. The number of carbonyl (C=O) groups is 1. The first-order valence-corrected chi connectivity index (χ1v) is 9.31. The van der Waals surface area contributed by atoms with Gasteiger partial charge in [-0.1, -0.05) is 11.8 Å². The summed E-state index contributed by atoms with van der Waals surface area (Å²) >= 11 is 5.06. The number of hydrogen-bond acceptors (Lipinski definition) is 5. The van der Waals surface area contributed by atoms with Gasteiger partial charge in [-0.3, -0.25) is 4.79 Å². The first-order chi connectivity index (χ1) is 10.2.